The summed E-state index contributed by atoms with van der Waals surface area (Å²) in [6, 6.07) is 7.03. The van der Waals surface area contributed by atoms with Crippen LogP contribution in [0.4, 0.5) is 5.69 Å². The molecule has 0 radical (unpaired) electrons. The molecule has 2 N–H and O–H groups in total. The Bertz CT molecular complexity index is 574. The van der Waals surface area contributed by atoms with Gasteiger partial charge in [0.2, 0.25) is 5.91 Å². The van der Waals surface area contributed by atoms with E-state index in [0.29, 0.717) is 36.4 Å². The van der Waals surface area contributed by atoms with Gasteiger partial charge in [-0.2, -0.15) is 0 Å². The van der Waals surface area contributed by atoms with Crippen molar-refractivity contribution in [2.75, 3.05) is 17.6 Å². The molecule has 0 aromatic heterocycles. The molecular weight excluding hydrogens is 276 g/mol. The van der Waals surface area contributed by atoms with E-state index in [0.717, 1.165) is 0 Å². The van der Waals surface area contributed by atoms with Crippen molar-refractivity contribution in [1.29, 1.82) is 0 Å². The van der Waals surface area contributed by atoms with E-state index < -0.39 is 9.84 Å². The second-order valence-corrected chi connectivity index (χ2v) is 7.08. The first-order chi connectivity index (χ1) is 9.53. The van der Waals surface area contributed by atoms with Gasteiger partial charge in [0, 0.05) is 19.0 Å². The Balaban J connectivity index is 2.18. The molecule has 0 saturated carbocycles. The summed E-state index contributed by atoms with van der Waals surface area (Å²) < 4.78 is 24.5. The predicted octanol–water partition coefficient (Wildman–Crippen LogP) is 1.56. The van der Waals surface area contributed by atoms with E-state index in [1.807, 2.05) is 13.0 Å². The molecule has 1 fully saturated rings. The number of piperidine rings is 1. The van der Waals surface area contributed by atoms with Crippen LogP contribution in [0.5, 0.6) is 0 Å². The fraction of sp³-hybridized carbons (Fsp3) is 0.500. The Hall–Kier alpha value is -1.56. The number of hydrogen-bond acceptors (Lipinski definition) is 4. The fourth-order valence-corrected chi connectivity index (χ4v) is 3.82. The number of rotatable bonds is 5. The van der Waals surface area contributed by atoms with Crippen LogP contribution in [0.2, 0.25) is 0 Å². The van der Waals surface area contributed by atoms with Gasteiger partial charge in [0.15, 0.2) is 9.84 Å². The summed E-state index contributed by atoms with van der Waals surface area (Å²) in [5, 5.41) is 6.03. The predicted molar refractivity (Wildman–Crippen MR) is 78.4 cm³/mol. The third-order valence-electron chi connectivity index (χ3n) is 3.32. The maximum absolute atomic E-state index is 12.2. The van der Waals surface area contributed by atoms with Gasteiger partial charge in [-0.15, -0.1) is 0 Å². The second-order valence-electron chi connectivity index (χ2n) is 5.00. The van der Waals surface area contributed by atoms with E-state index in [2.05, 4.69) is 10.6 Å². The lowest BCUT2D eigenvalue weighted by Gasteiger charge is -2.25. The number of carbonyl (C=O) groups is 1. The topological polar surface area (TPSA) is 75.3 Å². The zero-order valence-corrected chi connectivity index (χ0v) is 12.4. The molecule has 20 heavy (non-hydrogen) atoms. The van der Waals surface area contributed by atoms with Gasteiger partial charge in [-0.05, 0) is 25.0 Å². The lowest BCUT2D eigenvalue weighted by Crippen LogP contribution is -2.42. The Morgan fingerprint density at radius 3 is 2.75 bits per heavy atom. The molecule has 1 saturated heterocycles. The molecule has 1 aromatic carbocycles. The largest absolute Gasteiger partial charge is 0.379 e. The molecule has 6 heteroatoms. The number of sulfone groups is 1. The molecule has 1 aromatic rings. The molecule has 0 spiro atoms. The summed E-state index contributed by atoms with van der Waals surface area (Å²) in [5.41, 5.74) is 0.627. The zero-order chi connectivity index (χ0) is 14.6. The highest BCUT2D eigenvalue weighted by molar-refractivity contribution is 7.91. The summed E-state index contributed by atoms with van der Waals surface area (Å²) in [7, 11) is -3.25. The van der Waals surface area contributed by atoms with Crippen molar-refractivity contribution in [2.24, 2.45) is 0 Å². The van der Waals surface area contributed by atoms with Crippen LogP contribution in [0.15, 0.2) is 29.2 Å². The number of carbonyl (C=O) groups excluding carboxylic acids is 1. The summed E-state index contributed by atoms with van der Waals surface area (Å²) in [4.78, 5) is 11.5. The molecule has 1 aliphatic rings. The first-order valence-corrected chi connectivity index (χ1v) is 8.53. The lowest BCUT2D eigenvalue weighted by molar-refractivity contribution is -0.122. The van der Waals surface area contributed by atoms with E-state index in [1.54, 1.807) is 18.2 Å². The SMILES string of the molecule is CCCS(=O)(=O)c1ccccc1NC1CCC(=O)NC1. The molecule has 1 atom stereocenters. The van der Waals surface area contributed by atoms with Crippen LogP contribution in [-0.4, -0.2) is 32.7 Å². The first-order valence-electron chi connectivity index (χ1n) is 6.88. The Kier molecular flexibility index (Phi) is 4.65. The summed E-state index contributed by atoms with van der Waals surface area (Å²) in [6.07, 6.45) is 1.78. The number of para-hydroxylation sites is 1. The monoisotopic (exact) mass is 296 g/mol. The molecular formula is C14H20N2O3S. The van der Waals surface area contributed by atoms with Crippen LogP contribution < -0.4 is 10.6 Å². The molecule has 0 bridgehead atoms. The molecule has 0 aliphatic carbocycles. The van der Waals surface area contributed by atoms with Crippen LogP contribution in [0.25, 0.3) is 0 Å². The number of nitrogens with one attached hydrogen (secondary N) is 2. The van der Waals surface area contributed by atoms with Gasteiger partial charge in [-0.3, -0.25) is 4.79 Å². The second kappa shape index (κ2) is 6.26. The van der Waals surface area contributed by atoms with Gasteiger partial charge in [0.25, 0.3) is 0 Å². The van der Waals surface area contributed by atoms with Gasteiger partial charge in [0.05, 0.1) is 16.3 Å². The molecule has 1 aliphatic heterocycles. The third-order valence-corrected chi connectivity index (χ3v) is 5.29. The number of benzene rings is 1. The summed E-state index contributed by atoms with van der Waals surface area (Å²) >= 11 is 0. The van der Waals surface area contributed by atoms with Crippen LogP contribution in [0, 0.1) is 0 Å². The molecule has 1 unspecified atom stereocenters. The van der Waals surface area contributed by atoms with Crippen molar-refractivity contribution >= 4 is 21.4 Å². The van der Waals surface area contributed by atoms with Gasteiger partial charge >= 0.3 is 0 Å². The summed E-state index contributed by atoms with van der Waals surface area (Å²) in [6.45, 7) is 2.38. The number of amides is 1. The first kappa shape index (κ1) is 14.8. The molecule has 1 heterocycles. The number of hydrogen-bond donors (Lipinski definition) is 2. The molecule has 1 amide bonds. The maximum Gasteiger partial charge on any atom is 0.220 e. The van der Waals surface area contributed by atoms with Crippen molar-refractivity contribution in [3.8, 4) is 0 Å². The Morgan fingerprint density at radius 1 is 1.35 bits per heavy atom. The van der Waals surface area contributed by atoms with Crippen molar-refractivity contribution in [3.63, 3.8) is 0 Å². The van der Waals surface area contributed by atoms with E-state index >= 15 is 0 Å². The fourth-order valence-electron chi connectivity index (χ4n) is 2.31. The maximum atomic E-state index is 12.2. The van der Waals surface area contributed by atoms with E-state index in [4.69, 9.17) is 0 Å². The Labute approximate surface area is 119 Å². The van der Waals surface area contributed by atoms with Gasteiger partial charge in [-0.1, -0.05) is 19.1 Å². The van der Waals surface area contributed by atoms with Gasteiger partial charge in [0.1, 0.15) is 0 Å². The van der Waals surface area contributed by atoms with Crippen molar-refractivity contribution in [3.05, 3.63) is 24.3 Å². The zero-order valence-electron chi connectivity index (χ0n) is 11.6. The van der Waals surface area contributed by atoms with Crippen molar-refractivity contribution < 1.29 is 13.2 Å². The molecule has 110 valence electrons. The van der Waals surface area contributed by atoms with E-state index in [1.165, 1.54) is 0 Å². The normalized spacial score (nSPS) is 19.4. The quantitative estimate of drug-likeness (QED) is 0.864. The van der Waals surface area contributed by atoms with Gasteiger partial charge in [-0.25, -0.2) is 8.42 Å². The highest BCUT2D eigenvalue weighted by Crippen LogP contribution is 2.24. The minimum Gasteiger partial charge on any atom is -0.379 e. The van der Waals surface area contributed by atoms with Crippen molar-refractivity contribution in [2.45, 2.75) is 37.1 Å². The third kappa shape index (κ3) is 3.50. The minimum atomic E-state index is -3.25. The summed E-state index contributed by atoms with van der Waals surface area (Å²) in [5.74, 6) is 0.197. The van der Waals surface area contributed by atoms with Gasteiger partial charge < -0.3 is 10.6 Å². The highest BCUT2D eigenvalue weighted by Gasteiger charge is 2.22. The Morgan fingerprint density at radius 2 is 2.10 bits per heavy atom. The minimum absolute atomic E-state index is 0.0509. The van der Waals surface area contributed by atoms with Crippen LogP contribution in [0.3, 0.4) is 0 Å². The molecule has 5 nitrogen and oxygen atoms in total. The van der Waals surface area contributed by atoms with E-state index in [9.17, 15) is 13.2 Å². The van der Waals surface area contributed by atoms with Crippen molar-refractivity contribution in [1.82, 2.24) is 5.32 Å². The van der Waals surface area contributed by atoms with E-state index in [-0.39, 0.29) is 17.7 Å². The average molecular weight is 296 g/mol. The molecule has 2 rings (SSSR count). The van der Waals surface area contributed by atoms with Crippen LogP contribution in [0.1, 0.15) is 26.2 Å². The lowest BCUT2D eigenvalue weighted by atomic mass is 10.1. The standard InChI is InChI=1S/C14H20N2O3S/c1-2-9-20(18,19)13-6-4-3-5-12(13)16-11-7-8-14(17)15-10-11/h3-6,11,16H,2,7-10H2,1H3,(H,15,17). The average Bonchev–Trinajstić information content (AvgIpc) is 2.42. The smallest absolute Gasteiger partial charge is 0.220 e. The highest BCUT2D eigenvalue weighted by atomic mass is 32.2. The number of anilines is 1. The van der Waals surface area contributed by atoms with Crippen LogP contribution in [-0.2, 0) is 14.6 Å². The van der Waals surface area contributed by atoms with Crippen LogP contribution >= 0.6 is 0 Å².